The van der Waals surface area contributed by atoms with E-state index in [0.717, 1.165) is 48.1 Å². The van der Waals surface area contributed by atoms with E-state index in [4.69, 9.17) is 13.2 Å². The minimum atomic E-state index is -0.303. The minimum Gasteiger partial charge on any atom is -0.412 e. The molecular weight excluding hydrogens is 681 g/mol. The van der Waals surface area contributed by atoms with E-state index in [-0.39, 0.29) is 45.9 Å². The van der Waals surface area contributed by atoms with Crippen molar-refractivity contribution in [3.63, 3.8) is 0 Å². The molecule has 6 unspecified atom stereocenters. The molecule has 1 amide bonds. The molecule has 1 aromatic rings. The molecule has 1 aromatic carbocycles. The van der Waals surface area contributed by atoms with Crippen LogP contribution in [0.15, 0.2) is 91.2 Å². The molecule has 5 N–H and O–H groups in total. The predicted molar refractivity (Wildman–Crippen MR) is 233 cm³/mol. The van der Waals surface area contributed by atoms with E-state index in [9.17, 15) is 9.59 Å². The fourth-order valence-corrected chi connectivity index (χ4v) is 10.3. The topological polar surface area (TPSA) is 112 Å². The van der Waals surface area contributed by atoms with Crippen molar-refractivity contribution in [1.29, 1.82) is 0 Å². The van der Waals surface area contributed by atoms with E-state index in [1.54, 1.807) is 19.0 Å². The maximum atomic E-state index is 13.8. The molecule has 0 aromatic heterocycles. The average Bonchev–Trinajstić information content (AvgIpc) is 3.41. The highest BCUT2D eigenvalue weighted by Crippen LogP contribution is 2.73. The van der Waals surface area contributed by atoms with Crippen molar-refractivity contribution in [1.82, 2.24) is 10.2 Å². The van der Waals surface area contributed by atoms with Crippen LogP contribution in [0.2, 0.25) is 0 Å². The molecule has 0 radical (unpaired) electrons. The molecule has 3 aliphatic rings. The molecule has 6 nitrogen and oxygen atoms in total. The molecule has 3 saturated carbocycles. The number of fused-ring (bicyclic) bond motifs is 1. The van der Waals surface area contributed by atoms with E-state index < -0.39 is 0 Å². The Morgan fingerprint density at radius 1 is 0.927 bits per heavy atom. The Morgan fingerprint density at radius 3 is 2.11 bits per heavy atom. The molecule has 0 aliphatic heterocycles. The van der Waals surface area contributed by atoms with Gasteiger partial charge in [0.15, 0.2) is 5.78 Å². The van der Waals surface area contributed by atoms with E-state index in [1.807, 2.05) is 30.3 Å². The SMILES string of the molecule is C=C(CCC(=O)C(=C)C(CCC)CC(=C)[C@H]1C(C(=C)C(NC(=C)CC(C)(C)C)C2CCCCC2)CC2C1C2(C)C)CC(C(=O)N(C)C)c1ccccc1.O.O. The normalized spacial score (nSPS) is 23.1. The highest BCUT2D eigenvalue weighted by molar-refractivity contribution is 5.95. The first-order chi connectivity index (χ1) is 24.9. The van der Waals surface area contributed by atoms with Crippen molar-refractivity contribution in [3.05, 3.63) is 96.8 Å². The van der Waals surface area contributed by atoms with Crippen LogP contribution in [-0.4, -0.2) is 47.7 Å². The third-order valence-electron chi connectivity index (χ3n) is 13.2. The third-order valence-corrected chi connectivity index (χ3v) is 13.2. The average molecular weight is 759 g/mol. The summed E-state index contributed by atoms with van der Waals surface area (Å²) in [6.07, 6.45) is 12.7. The van der Waals surface area contributed by atoms with E-state index in [1.165, 1.54) is 49.7 Å². The van der Waals surface area contributed by atoms with Gasteiger partial charge in [-0.3, -0.25) is 9.59 Å². The van der Waals surface area contributed by atoms with Crippen LogP contribution in [0.3, 0.4) is 0 Å². The number of amides is 1. The van der Waals surface area contributed by atoms with Crippen molar-refractivity contribution >= 4 is 11.7 Å². The quantitative estimate of drug-likeness (QED) is 0.105. The van der Waals surface area contributed by atoms with Crippen LogP contribution >= 0.6 is 0 Å². The summed E-state index contributed by atoms with van der Waals surface area (Å²) in [5.41, 5.74) is 6.90. The number of nitrogens with one attached hydrogen (secondary N) is 1. The highest BCUT2D eigenvalue weighted by atomic mass is 16.2. The van der Waals surface area contributed by atoms with Gasteiger partial charge < -0.3 is 21.2 Å². The highest BCUT2D eigenvalue weighted by Gasteiger charge is 2.67. The fraction of sp³-hybridized carbons (Fsp3) is 0.633. The van der Waals surface area contributed by atoms with E-state index >= 15 is 0 Å². The zero-order valence-electron chi connectivity index (χ0n) is 36.0. The second-order valence-electron chi connectivity index (χ2n) is 19.2. The lowest BCUT2D eigenvalue weighted by atomic mass is 9.69. The number of hydrogen-bond acceptors (Lipinski definition) is 3. The lowest BCUT2D eigenvalue weighted by Crippen LogP contribution is -2.42. The molecule has 308 valence electrons. The Morgan fingerprint density at radius 2 is 1.55 bits per heavy atom. The number of likely N-dealkylation sites (N-methyl/N-ethyl adjacent to an activating group) is 1. The molecule has 55 heavy (non-hydrogen) atoms. The summed E-state index contributed by atoms with van der Waals surface area (Å²) in [6.45, 7) is 37.0. The second-order valence-corrected chi connectivity index (χ2v) is 19.2. The van der Waals surface area contributed by atoms with Crippen molar-refractivity contribution in [2.45, 2.75) is 137 Å². The summed E-state index contributed by atoms with van der Waals surface area (Å²) < 4.78 is 0. The standard InChI is InChI=1S/C49H74N2O2.2H2O/c1-14-21-39(35(5)43(52)27-26-32(2)28-41(47(53)51(12)13)37-22-17-15-18-23-37)29-33(3)44-40(30-42-45(44)49(42,10)11)36(6)46(38-24-19-16-20-25-38)50-34(4)31-48(7,8)9;;/h15,17-18,22-23,38-42,44-46,50H,2-6,14,16,19-21,24-31H2,1,7-13H3;2*1H2/t39?,40?,41?,42?,44-,45?,46?;;/m0../s1. The Bertz CT molecular complexity index is 1510. The van der Waals surface area contributed by atoms with Gasteiger partial charge in [-0.2, -0.15) is 0 Å². The molecule has 4 rings (SSSR count). The number of benzene rings is 1. The molecule has 0 bridgehead atoms. The van der Waals surface area contributed by atoms with Crippen molar-refractivity contribution < 1.29 is 20.5 Å². The fourth-order valence-electron chi connectivity index (χ4n) is 10.3. The molecule has 0 saturated heterocycles. The molecule has 6 heteroatoms. The summed E-state index contributed by atoms with van der Waals surface area (Å²) >= 11 is 0. The Labute approximate surface area is 335 Å². The van der Waals surface area contributed by atoms with Gasteiger partial charge in [0.05, 0.1) is 5.92 Å². The van der Waals surface area contributed by atoms with Gasteiger partial charge in [-0.05, 0) is 109 Å². The molecule has 3 aliphatic carbocycles. The van der Waals surface area contributed by atoms with Gasteiger partial charge in [0, 0.05) is 32.3 Å². The molecule has 0 spiro atoms. The Hall–Kier alpha value is -3.22. The lowest BCUT2D eigenvalue weighted by Gasteiger charge is -2.40. The summed E-state index contributed by atoms with van der Waals surface area (Å²) in [4.78, 5) is 28.6. The number of ketones is 1. The smallest absolute Gasteiger partial charge is 0.229 e. The van der Waals surface area contributed by atoms with Gasteiger partial charge in [0.25, 0.3) is 0 Å². The van der Waals surface area contributed by atoms with Crippen LogP contribution in [0.25, 0.3) is 0 Å². The lowest BCUT2D eigenvalue weighted by molar-refractivity contribution is -0.130. The Balaban J connectivity index is 0.00000523. The first-order valence-electron chi connectivity index (χ1n) is 20.8. The van der Waals surface area contributed by atoms with Crippen LogP contribution in [-0.2, 0) is 9.59 Å². The van der Waals surface area contributed by atoms with Crippen LogP contribution in [0.4, 0.5) is 0 Å². The van der Waals surface area contributed by atoms with Gasteiger partial charge in [-0.25, -0.2) is 0 Å². The molecule has 0 heterocycles. The molecule has 3 fully saturated rings. The van der Waals surface area contributed by atoms with Gasteiger partial charge in [0.1, 0.15) is 0 Å². The van der Waals surface area contributed by atoms with Crippen molar-refractivity contribution in [2.75, 3.05) is 14.1 Å². The largest absolute Gasteiger partial charge is 0.412 e. The van der Waals surface area contributed by atoms with Crippen LogP contribution in [0, 0.1) is 46.3 Å². The van der Waals surface area contributed by atoms with Crippen LogP contribution in [0.5, 0.6) is 0 Å². The first kappa shape index (κ1) is 47.9. The van der Waals surface area contributed by atoms with Gasteiger partial charge in [0.2, 0.25) is 5.91 Å². The first-order valence-corrected chi connectivity index (χ1v) is 20.8. The zero-order valence-corrected chi connectivity index (χ0v) is 36.0. The maximum Gasteiger partial charge on any atom is 0.229 e. The number of nitrogens with zero attached hydrogens (tertiary/aromatic N) is 1. The number of carbonyl (C=O) groups excluding carboxylic acids is 2. The third kappa shape index (κ3) is 12.1. The van der Waals surface area contributed by atoms with Crippen molar-refractivity contribution in [2.24, 2.45) is 46.3 Å². The van der Waals surface area contributed by atoms with Crippen molar-refractivity contribution in [3.8, 4) is 0 Å². The summed E-state index contributed by atoms with van der Waals surface area (Å²) in [5, 5.41) is 3.97. The van der Waals surface area contributed by atoms with E-state index in [2.05, 4.69) is 66.6 Å². The summed E-state index contributed by atoms with van der Waals surface area (Å²) in [6, 6.07) is 10.1. The molecular formula is C49H78N2O4. The maximum absolute atomic E-state index is 13.8. The Kier molecular flexibility index (Phi) is 17.7. The van der Waals surface area contributed by atoms with Gasteiger partial charge >= 0.3 is 0 Å². The number of Topliss-reactive ketones (excluding diaryl/α,β-unsaturated/α-hetero) is 1. The van der Waals surface area contributed by atoms with Crippen LogP contribution in [0.1, 0.15) is 136 Å². The van der Waals surface area contributed by atoms with Gasteiger partial charge in [-0.15, -0.1) is 0 Å². The number of rotatable bonds is 20. The predicted octanol–water partition coefficient (Wildman–Crippen LogP) is 10.4. The zero-order chi connectivity index (χ0) is 39.2. The number of allylic oxidation sites excluding steroid dienone is 4. The number of hydrogen-bond donors (Lipinski definition) is 1. The van der Waals surface area contributed by atoms with E-state index in [0.29, 0.717) is 54.3 Å². The molecule has 7 atom stereocenters. The van der Waals surface area contributed by atoms with Gasteiger partial charge in [-0.1, -0.05) is 147 Å². The minimum absolute atomic E-state index is 0. The number of carbonyl (C=O) groups is 2. The monoisotopic (exact) mass is 759 g/mol. The van der Waals surface area contributed by atoms with Crippen LogP contribution < -0.4 is 5.32 Å². The summed E-state index contributed by atoms with van der Waals surface area (Å²) in [5.74, 6) is 2.60. The second kappa shape index (κ2) is 20.3. The summed E-state index contributed by atoms with van der Waals surface area (Å²) in [7, 11) is 3.59.